The van der Waals surface area contributed by atoms with Gasteiger partial charge in [0.25, 0.3) is 0 Å². The second kappa shape index (κ2) is 9.62. The van der Waals surface area contributed by atoms with Crippen LogP contribution < -0.4 is 14.8 Å². The van der Waals surface area contributed by atoms with Crippen LogP contribution in [0.3, 0.4) is 0 Å². The van der Waals surface area contributed by atoms with Gasteiger partial charge >= 0.3 is 0 Å². The molecule has 1 aromatic carbocycles. The predicted octanol–water partition coefficient (Wildman–Crippen LogP) is 2.59. The number of hydrogen-bond acceptors (Lipinski definition) is 5. The number of nitrogens with one attached hydrogen (secondary N) is 1. The van der Waals surface area contributed by atoms with E-state index >= 15 is 0 Å². The van der Waals surface area contributed by atoms with Gasteiger partial charge < -0.3 is 14.8 Å². The Morgan fingerprint density at radius 1 is 1.16 bits per heavy atom. The molecule has 0 aromatic heterocycles. The summed E-state index contributed by atoms with van der Waals surface area (Å²) in [4.78, 5) is 0.298. The molecule has 0 radical (unpaired) electrons. The van der Waals surface area contributed by atoms with Gasteiger partial charge in [0, 0.05) is 18.7 Å². The molecule has 1 heterocycles. The van der Waals surface area contributed by atoms with E-state index in [0.717, 1.165) is 32.4 Å². The van der Waals surface area contributed by atoms with E-state index in [9.17, 15) is 8.42 Å². The Bertz CT molecular complexity index is 661. The maximum absolute atomic E-state index is 13.3. The molecule has 1 saturated heterocycles. The van der Waals surface area contributed by atoms with E-state index in [1.54, 1.807) is 30.5 Å². The first-order valence-corrected chi connectivity index (χ1v) is 9.84. The van der Waals surface area contributed by atoms with E-state index in [0.29, 0.717) is 28.5 Å². The second-order valence-corrected chi connectivity index (χ2v) is 7.93. The zero-order valence-corrected chi connectivity index (χ0v) is 17.0. The molecule has 2 rings (SSSR count). The van der Waals surface area contributed by atoms with Gasteiger partial charge in [0.2, 0.25) is 10.0 Å². The summed E-state index contributed by atoms with van der Waals surface area (Å²) in [6.07, 6.45) is 2.46. The summed E-state index contributed by atoms with van der Waals surface area (Å²) < 4.78 is 38.9. The largest absolute Gasteiger partial charge is 0.493 e. The minimum atomic E-state index is -3.58. The van der Waals surface area contributed by atoms with Gasteiger partial charge in [-0.05, 0) is 50.9 Å². The number of methoxy groups -OCH3 is 2. The molecule has 0 unspecified atom stereocenters. The van der Waals surface area contributed by atoms with Crippen LogP contribution in [-0.4, -0.2) is 52.6 Å². The first-order valence-electron chi connectivity index (χ1n) is 8.40. The van der Waals surface area contributed by atoms with Crippen LogP contribution in [-0.2, 0) is 10.0 Å². The predicted molar refractivity (Wildman–Crippen MR) is 102 cm³/mol. The number of nitrogens with zero attached hydrogens (tertiary/aromatic N) is 1. The average molecular weight is 393 g/mol. The van der Waals surface area contributed by atoms with Crippen LogP contribution in [0.25, 0.3) is 0 Å². The second-order valence-electron chi connectivity index (χ2n) is 6.07. The van der Waals surface area contributed by atoms with Crippen molar-refractivity contribution in [1.29, 1.82) is 0 Å². The van der Waals surface area contributed by atoms with E-state index in [-0.39, 0.29) is 18.4 Å². The van der Waals surface area contributed by atoms with E-state index < -0.39 is 10.0 Å². The lowest BCUT2D eigenvalue weighted by Crippen LogP contribution is -2.46. The fourth-order valence-electron chi connectivity index (χ4n) is 3.18. The van der Waals surface area contributed by atoms with Gasteiger partial charge in [0.1, 0.15) is 0 Å². The Balaban J connectivity index is 0.00000312. The Hall–Kier alpha value is -1.02. The number of halogens is 1. The molecule has 6 nitrogen and oxygen atoms in total. The molecule has 144 valence electrons. The summed E-state index contributed by atoms with van der Waals surface area (Å²) in [5.74, 6) is 0.973. The van der Waals surface area contributed by atoms with Gasteiger partial charge in [-0.25, -0.2) is 8.42 Å². The van der Waals surface area contributed by atoms with Crippen molar-refractivity contribution < 1.29 is 17.9 Å². The van der Waals surface area contributed by atoms with Crippen LogP contribution in [0.5, 0.6) is 11.5 Å². The van der Waals surface area contributed by atoms with Crippen LogP contribution in [0.15, 0.2) is 17.0 Å². The molecule has 0 aliphatic carbocycles. The van der Waals surface area contributed by atoms with Crippen molar-refractivity contribution in [3.8, 4) is 11.5 Å². The molecule has 0 atom stereocenters. The lowest BCUT2D eigenvalue weighted by atomic mass is 10.1. The quantitative estimate of drug-likeness (QED) is 0.772. The van der Waals surface area contributed by atoms with Crippen molar-refractivity contribution in [3.05, 3.63) is 17.7 Å². The minimum Gasteiger partial charge on any atom is -0.493 e. The van der Waals surface area contributed by atoms with E-state index in [4.69, 9.17) is 9.47 Å². The smallest absolute Gasteiger partial charge is 0.243 e. The fourth-order valence-corrected chi connectivity index (χ4v) is 5.18. The summed E-state index contributed by atoms with van der Waals surface area (Å²) in [6.45, 7) is 6.03. The van der Waals surface area contributed by atoms with Gasteiger partial charge in [-0.15, -0.1) is 12.4 Å². The highest BCUT2D eigenvalue weighted by Crippen LogP contribution is 2.34. The Morgan fingerprint density at radius 2 is 1.72 bits per heavy atom. The molecule has 0 spiro atoms. The number of hydrogen-bond donors (Lipinski definition) is 1. The summed E-state index contributed by atoms with van der Waals surface area (Å²) in [5.41, 5.74) is 0.669. The molecule has 0 saturated carbocycles. The number of sulfonamides is 1. The van der Waals surface area contributed by atoms with Crippen molar-refractivity contribution >= 4 is 22.4 Å². The summed E-state index contributed by atoms with van der Waals surface area (Å²) in [6, 6.07) is 3.34. The maximum atomic E-state index is 13.3. The highest BCUT2D eigenvalue weighted by atomic mass is 35.5. The van der Waals surface area contributed by atoms with Gasteiger partial charge in [-0.3, -0.25) is 0 Å². The molecule has 25 heavy (non-hydrogen) atoms. The van der Waals surface area contributed by atoms with Gasteiger partial charge in [-0.1, -0.05) is 6.92 Å². The molecule has 1 aliphatic rings. The maximum Gasteiger partial charge on any atom is 0.243 e. The lowest BCUT2D eigenvalue weighted by Gasteiger charge is -2.34. The molecule has 1 aliphatic heterocycles. The highest BCUT2D eigenvalue weighted by molar-refractivity contribution is 7.89. The zero-order valence-electron chi connectivity index (χ0n) is 15.4. The molecule has 8 heteroatoms. The first-order chi connectivity index (χ1) is 11.5. The molecule has 1 N–H and O–H groups in total. The van der Waals surface area contributed by atoms with Gasteiger partial charge in [0.05, 0.1) is 19.1 Å². The van der Waals surface area contributed by atoms with Crippen LogP contribution in [0, 0.1) is 6.92 Å². The SMILES string of the molecule is CCCN(C1CCNCC1)S(=O)(=O)c1cc(OC)c(OC)cc1C.Cl. The van der Waals surface area contributed by atoms with Crippen LogP contribution >= 0.6 is 12.4 Å². The standard InChI is InChI=1S/C17H28N2O4S.ClH/c1-5-10-19(14-6-8-18-9-7-14)24(20,21)17-12-16(23-4)15(22-3)11-13(17)2;/h11-12,14,18H,5-10H2,1-4H3;1H. The summed E-state index contributed by atoms with van der Waals surface area (Å²) in [7, 11) is -0.521. The van der Waals surface area contributed by atoms with Crippen LogP contribution in [0.1, 0.15) is 31.7 Å². The van der Waals surface area contributed by atoms with E-state index in [1.807, 2.05) is 6.92 Å². The van der Waals surface area contributed by atoms with Gasteiger partial charge in [-0.2, -0.15) is 4.31 Å². The number of rotatable bonds is 7. The number of benzene rings is 1. The minimum absolute atomic E-state index is 0. The third kappa shape index (κ3) is 4.78. The molecule has 1 fully saturated rings. The van der Waals surface area contributed by atoms with Crippen LogP contribution in [0.2, 0.25) is 0 Å². The topological polar surface area (TPSA) is 67.9 Å². The van der Waals surface area contributed by atoms with Crippen molar-refractivity contribution in [2.45, 2.75) is 44.0 Å². The fraction of sp³-hybridized carbons (Fsp3) is 0.647. The molecular weight excluding hydrogens is 364 g/mol. The lowest BCUT2D eigenvalue weighted by molar-refractivity contribution is 0.262. The molecule has 1 aromatic rings. The molecule has 0 bridgehead atoms. The molecular formula is C17H29ClN2O4S. The average Bonchev–Trinajstić information content (AvgIpc) is 2.59. The van der Waals surface area contributed by atoms with Crippen molar-refractivity contribution in [3.63, 3.8) is 0 Å². The first kappa shape index (κ1) is 22.0. The van der Waals surface area contributed by atoms with E-state index in [2.05, 4.69) is 5.32 Å². The highest BCUT2D eigenvalue weighted by Gasteiger charge is 2.33. The van der Waals surface area contributed by atoms with Crippen molar-refractivity contribution in [2.75, 3.05) is 33.9 Å². The van der Waals surface area contributed by atoms with Crippen LogP contribution in [0.4, 0.5) is 0 Å². The Labute approximate surface area is 157 Å². The number of ether oxygens (including phenoxy) is 2. The number of piperidine rings is 1. The molecule has 0 amide bonds. The van der Waals surface area contributed by atoms with E-state index in [1.165, 1.54) is 7.11 Å². The normalized spacial score (nSPS) is 15.7. The third-order valence-corrected chi connectivity index (χ3v) is 6.52. The number of aryl methyl sites for hydroxylation is 1. The van der Waals surface area contributed by atoms with Crippen molar-refractivity contribution in [1.82, 2.24) is 9.62 Å². The Morgan fingerprint density at radius 3 is 2.24 bits per heavy atom. The summed E-state index contributed by atoms with van der Waals surface area (Å²) in [5, 5.41) is 3.29. The van der Waals surface area contributed by atoms with Gasteiger partial charge in [0.15, 0.2) is 11.5 Å². The summed E-state index contributed by atoms with van der Waals surface area (Å²) >= 11 is 0. The third-order valence-electron chi connectivity index (χ3n) is 4.43. The van der Waals surface area contributed by atoms with Crippen molar-refractivity contribution in [2.24, 2.45) is 0 Å². The zero-order chi connectivity index (χ0) is 17.7. The monoisotopic (exact) mass is 392 g/mol. The Kier molecular flexibility index (Phi) is 8.47.